The van der Waals surface area contributed by atoms with Gasteiger partial charge in [0.2, 0.25) is 5.95 Å². The van der Waals surface area contributed by atoms with Gasteiger partial charge in [-0.05, 0) is 48.7 Å². The number of hydrogen-bond acceptors (Lipinski definition) is 7. The van der Waals surface area contributed by atoms with Crippen molar-refractivity contribution in [1.29, 1.82) is 0 Å². The van der Waals surface area contributed by atoms with Crippen molar-refractivity contribution in [1.82, 2.24) is 29.0 Å². The van der Waals surface area contributed by atoms with Crippen LogP contribution in [0.15, 0.2) is 82.3 Å². The number of carbonyl (C=O) groups excluding carboxylic acids is 1. The topological polar surface area (TPSA) is 123 Å². The minimum absolute atomic E-state index is 0.0970. The van der Waals surface area contributed by atoms with Crippen LogP contribution in [0.3, 0.4) is 0 Å². The fraction of sp³-hybridized carbons (Fsp3) is 0.194. The van der Waals surface area contributed by atoms with Crippen LogP contribution in [-0.2, 0) is 19.4 Å². The number of nitrogens with one attached hydrogen (secondary N) is 1. The van der Waals surface area contributed by atoms with Gasteiger partial charge in [0.05, 0.1) is 17.9 Å². The molecule has 0 bridgehead atoms. The summed E-state index contributed by atoms with van der Waals surface area (Å²) in [4.78, 5) is 34.5. The van der Waals surface area contributed by atoms with E-state index in [0.29, 0.717) is 64.9 Å². The highest BCUT2D eigenvalue weighted by molar-refractivity contribution is 9.10. The van der Waals surface area contributed by atoms with Crippen LogP contribution < -0.4 is 16.6 Å². The first-order valence-electron chi connectivity index (χ1n) is 13.6. The second-order valence-electron chi connectivity index (χ2n) is 10.2. The maximum atomic E-state index is 14.2. The maximum absolute atomic E-state index is 14.2. The third-order valence-electron chi connectivity index (χ3n) is 7.53. The zero-order chi connectivity index (χ0) is 29.4. The molecule has 0 aliphatic carbocycles. The fourth-order valence-corrected chi connectivity index (χ4v) is 5.54. The number of hydrogen-bond donors (Lipinski definition) is 2. The van der Waals surface area contributed by atoms with Crippen molar-refractivity contribution in [3.8, 4) is 5.69 Å². The molecule has 4 heterocycles. The Labute approximate surface area is 250 Å². The van der Waals surface area contributed by atoms with E-state index < -0.39 is 0 Å². The Morgan fingerprint density at radius 3 is 2.67 bits per heavy atom. The Hall–Kier alpha value is -4.77. The number of rotatable bonds is 6. The molecule has 2 aromatic carbocycles. The normalized spacial score (nSPS) is 13.3. The Morgan fingerprint density at radius 2 is 1.93 bits per heavy atom. The summed E-state index contributed by atoms with van der Waals surface area (Å²) in [5.74, 6) is 0.918. The van der Waals surface area contributed by atoms with E-state index in [2.05, 4.69) is 31.4 Å². The van der Waals surface area contributed by atoms with Gasteiger partial charge >= 0.3 is 0 Å². The largest absolute Gasteiger partial charge is 0.404 e. The van der Waals surface area contributed by atoms with E-state index in [1.54, 1.807) is 33.0 Å². The first-order valence-corrected chi connectivity index (χ1v) is 14.4. The van der Waals surface area contributed by atoms with E-state index in [1.807, 2.05) is 61.7 Å². The van der Waals surface area contributed by atoms with Crippen molar-refractivity contribution in [2.24, 2.45) is 5.73 Å². The van der Waals surface area contributed by atoms with Crippen LogP contribution in [-0.4, -0.2) is 48.5 Å². The Morgan fingerprint density at radius 1 is 1.12 bits per heavy atom. The summed E-state index contributed by atoms with van der Waals surface area (Å²) in [5.41, 5.74) is 11.6. The Bertz CT molecular complexity index is 1910. The molecule has 42 heavy (non-hydrogen) atoms. The number of carbonyl (C=O) groups is 1. The van der Waals surface area contributed by atoms with Gasteiger partial charge in [0.15, 0.2) is 5.65 Å². The SMILES string of the molecule is CNc1nnc2cc(-n3c(C(=CN)Cc4ccccc4)nc4c(c3=O)CCN(C(=O)c3ccc(Br)c(C)c3)C4)ccn12. The van der Waals surface area contributed by atoms with Gasteiger partial charge in [0.1, 0.15) is 5.82 Å². The number of pyridine rings is 1. The highest BCUT2D eigenvalue weighted by atomic mass is 79.9. The minimum Gasteiger partial charge on any atom is -0.404 e. The van der Waals surface area contributed by atoms with Crippen LogP contribution in [0.2, 0.25) is 0 Å². The van der Waals surface area contributed by atoms with Crippen LogP contribution in [0.5, 0.6) is 0 Å². The molecule has 1 amide bonds. The monoisotopic (exact) mass is 624 g/mol. The first-order chi connectivity index (χ1) is 20.4. The third-order valence-corrected chi connectivity index (χ3v) is 8.42. The number of fused-ring (bicyclic) bond motifs is 2. The van der Waals surface area contributed by atoms with Crippen molar-refractivity contribution in [2.75, 3.05) is 18.9 Å². The third kappa shape index (κ3) is 4.96. The lowest BCUT2D eigenvalue weighted by molar-refractivity contribution is 0.0731. The summed E-state index contributed by atoms with van der Waals surface area (Å²) in [6, 6.07) is 19.1. The molecule has 3 N–H and O–H groups in total. The summed E-state index contributed by atoms with van der Waals surface area (Å²) in [5, 5.41) is 11.4. The number of allylic oxidation sites excluding steroid dienone is 1. The predicted molar refractivity (Wildman–Crippen MR) is 166 cm³/mol. The molecule has 0 unspecified atom stereocenters. The van der Waals surface area contributed by atoms with E-state index in [9.17, 15) is 9.59 Å². The molecule has 212 valence electrons. The number of benzene rings is 2. The standard InChI is InChI=1S/C31H29BrN8O2/c1-19-14-21(8-9-25(19)32)29(41)38-12-11-24-26(18-38)35-28(22(17-33)15-20-6-4-3-5-7-20)40(30(24)42)23-10-13-39-27(16-23)36-37-31(39)34-2/h3-10,13-14,16-17H,11-12,15,18,33H2,1-2H3,(H,34,37). The van der Waals surface area contributed by atoms with E-state index in [4.69, 9.17) is 10.7 Å². The Kier molecular flexibility index (Phi) is 7.34. The van der Waals surface area contributed by atoms with Gasteiger partial charge in [-0.2, -0.15) is 0 Å². The molecular formula is C31H29BrN8O2. The number of aryl methyl sites for hydroxylation is 1. The van der Waals surface area contributed by atoms with Gasteiger partial charge in [0, 0.05) is 59.6 Å². The lowest BCUT2D eigenvalue weighted by Crippen LogP contribution is -2.41. The average molecular weight is 626 g/mol. The number of anilines is 1. The molecule has 5 aromatic rings. The molecule has 0 spiro atoms. The zero-order valence-corrected chi connectivity index (χ0v) is 24.8. The average Bonchev–Trinajstić information content (AvgIpc) is 3.43. The molecule has 11 heteroatoms. The Balaban J connectivity index is 1.46. The molecule has 3 aromatic heterocycles. The fourth-order valence-electron chi connectivity index (χ4n) is 5.30. The van der Waals surface area contributed by atoms with Crippen LogP contribution in [0.1, 0.15) is 38.6 Å². The second-order valence-corrected chi connectivity index (χ2v) is 11.0. The van der Waals surface area contributed by atoms with E-state index in [-0.39, 0.29) is 18.0 Å². The summed E-state index contributed by atoms with van der Waals surface area (Å²) in [6.45, 7) is 2.59. The van der Waals surface area contributed by atoms with Crippen molar-refractivity contribution in [3.05, 3.63) is 122 Å². The molecular weight excluding hydrogens is 596 g/mol. The van der Waals surface area contributed by atoms with Crippen LogP contribution >= 0.6 is 15.9 Å². The predicted octanol–water partition coefficient (Wildman–Crippen LogP) is 4.13. The quantitative estimate of drug-likeness (QED) is 0.291. The molecule has 6 rings (SSSR count). The molecule has 0 saturated heterocycles. The summed E-state index contributed by atoms with van der Waals surface area (Å²) < 4.78 is 4.35. The van der Waals surface area contributed by atoms with Gasteiger partial charge in [-0.15, -0.1) is 10.2 Å². The van der Waals surface area contributed by atoms with Gasteiger partial charge in [-0.3, -0.25) is 18.6 Å². The summed E-state index contributed by atoms with van der Waals surface area (Å²) in [7, 11) is 1.77. The summed E-state index contributed by atoms with van der Waals surface area (Å²) in [6.07, 6.45) is 4.18. The molecule has 10 nitrogen and oxygen atoms in total. The summed E-state index contributed by atoms with van der Waals surface area (Å²) >= 11 is 3.50. The first kappa shape index (κ1) is 27.4. The molecule has 1 aliphatic rings. The number of nitrogens with two attached hydrogens (primary N) is 1. The minimum atomic E-state index is -0.188. The van der Waals surface area contributed by atoms with Crippen molar-refractivity contribution in [3.63, 3.8) is 0 Å². The second kappa shape index (κ2) is 11.2. The van der Waals surface area contributed by atoms with Crippen molar-refractivity contribution in [2.45, 2.75) is 26.3 Å². The zero-order valence-electron chi connectivity index (χ0n) is 23.2. The number of aromatic nitrogens is 5. The van der Waals surface area contributed by atoms with Gasteiger partial charge in [-0.1, -0.05) is 46.3 Å². The van der Waals surface area contributed by atoms with Gasteiger partial charge in [0.25, 0.3) is 11.5 Å². The van der Waals surface area contributed by atoms with E-state index in [1.165, 1.54) is 6.20 Å². The molecule has 0 radical (unpaired) electrons. The highest BCUT2D eigenvalue weighted by Gasteiger charge is 2.28. The highest BCUT2D eigenvalue weighted by Crippen LogP contribution is 2.26. The van der Waals surface area contributed by atoms with Crippen molar-refractivity contribution >= 4 is 39.0 Å². The lowest BCUT2D eigenvalue weighted by atomic mass is 10.0. The molecule has 0 saturated carbocycles. The van der Waals surface area contributed by atoms with Gasteiger partial charge < -0.3 is 16.0 Å². The number of amides is 1. The lowest BCUT2D eigenvalue weighted by Gasteiger charge is -2.29. The van der Waals surface area contributed by atoms with Crippen molar-refractivity contribution < 1.29 is 4.79 Å². The maximum Gasteiger partial charge on any atom is 0.261 e. The molecule has 0 fully saturated rings. The number of nitrogens with zero attached hydrogens (tertiary/aromatic N) is 6. The van der Waals surface area contributed by atoms with Crippen LogP contribution in [0.25, 0.3) is 16.9 Å². The molecule has 0 atom stereocenters. The van der Waals surface area contributed by atoms with E-state index in [0.717, 1.165) is 15.6 Å². The van der Waals surface area contributed by atoms with Crippen LogP contribution in [0, 0.1) is 6.92 Å². The smallest absolute Gasteiger partial charge is 0.261 e. The van der Waals surface area contributed by atoms with Gasteiger partial charge in [-0.25, -0.2) is 4.98 Å². The van der Waals surface area contributed by atoms with E-state index >= 15 is 0 Å². The molecule has 1 aliphatic heterocycles. The number of halogens is 1. The van der Waals surface area contributed by atoms with Crippen LogP contribution in [0.4, 0.5) is 5.95 Å².